The predicted molar refractivity (Wildman–Crippen MR) is 66.5 cm³/mol. The number of hydrogen-bond donors (Lipinski definition) is 1. The lowest BCUT2D eigenvalue weighted by Crippen LogP contribution is -2.06. The van der Waals surface area contributed by atoms with Gasteiger partial charge in [-0.05, 0) is 18.6 Å². The average Bonchev–Trinajstić information content (AvgIpc) is 2.66. The number of carbonyl (C=O) groups is 1. The minimum Gasteiger partial charge on any atom is -0.493 e. The van der Waals surface area contributed by atoms with E-state index in [1.807, 2.05) is 6.92 Å². The van der Waals surface area contributed by atoms with Gasteiger partial charge in [0, 0.05) is 13.2 Å². The van der Waals surface area contributed by atoms with Gasteiger partial charge in [-0.3, -0.25) is 9.78 Å². The maximum absolute atomic E-state index is 12.3. The molecule has 2 aromatic rings. The van der Waals surface area contributed by atoms with Gasteiger partial charge in [-0.1, -0.05) is 19.4 Å². The van der Waals surface area contributed by atoms with Crippen molar-refractivity contribution in [2.75, 3.05) is 0 Å². The van der Waals surface area contributed by atoms with Gasteiger partial charge >= 0.3 is 0 Å². The van der Waals surface area contributed by atoms with Crippen molar-refractivity contribution >= 4 is 5.78 Å². The van der Waals surface area contributed by atoms with Crippen LogP contribution in [0.5, 0.6) is 5.88 Å². The van der Waals surface area contributed by atoms with E-state index in [0.717, 1.165) is 6.42 Å². The molecule has 2 aromatic heterocycles. The monoisotopic (exact) mass is 245 g/mol. The van der Waals surface area contributed by atoms with E-state index < -0.39 is 0 Å². The Morgan fingerprint density at radius 3 is 2.83 bits per heavy atom. The second kappa shape index (κ2) is 5.00. The number of ketones is 1. The quantitative estimate of drug-likeness (QED) is 0.832. The van der Waals surface area contributed by atoms with Crippen molar-refractivity contribution in [3.8, 4) is 5.88 Å². The second-order valence-electron chi connectivity index (χ2n) is 4.06. The van der Waals surface area contributed by atoms with E-state index in [9.17, 15) is 9.90 Å². The summed E-state index contributed by atoms with van der Waals surface area (Å²) in [5.74, 6) is -0.390. The number of aryl methyl sites for hydroxylation is 2. The third-order valence-electron chi connectivity index (χ3n) is 2.70. The van der Waals surface area contributed by atoms with Crippen LogP contribution in [0.15, 0.2) is 24.4 Å². The smallest absolute Gasteiger partial charge is 0.220 e. The molecule has 0 aliphatic rings. The Kier molecular flexibility index (Phi) is 3.41. The van der Waals surface area contributed by atoms with Crippen LogP contribution in [0.3, 0.4) is 0 Å². The van der Waals surface area contributed by atoms with Crippen LogP contribution >= 0.6 is 0 Å². The molecule has 0 radical (unpaired) electrons. The van der Waals surface area contributed by atoms with Crippen molar-refractivity contribution in [2.45, 2.75) is 19.8 Å². The van der Waals surface area contributed by atoms with Crippen LogP contribution in [0.25, 0.3) is 0 Å². The van der Waals surface area contributed by atoms with E-state index in [4.69, 9.17) is 0 Å². The highest BCUT2D eigenvalue weighted by Gasteiger charge is 2.23. The summed E-state index contributed by atoms with van der Waals surface area (Å²) in [6.07, 6.45) is 3.07. The summed E-state index contributed by atoms with van der Waals surface area (Å²) < 4.78 is 1.32. The van der Waals surface area contributed by atoms with Crippen molar-refractivity contribution in [1.29, 1.82) is 0 Å². The summed E-state index contributed by atoms with van der Waals surface area (Å²) in [6, 6.07) is 5.12. The van der Waals surface area contributed by atoms with Crippen molar-refractivity contribution in [3.63, 3.8) is 0 Å². The molecule has 94 valence electrons. The van der Waals surface area contributed by atoms with Crippen LogP contribution in [-0.2, 0) is 13.5 Å². The predicted octanol–water partition coefficient (Wildman–Crippen LogP) is 1.70. The van der Waals surface area contributed by atoms with E-state index in [0.29, 0.717) is 17.8 Å². The van der Waals surface area contributed by atoms with Crippen molar-refractivity contribution in [2.24, 2.45) is 7.05 Å². The molecular formula is C13H15N3O2. The average molecular weight is 245 g/mol. The lowest BCUT2D eigenvalue weighted by molar-refractivity contribution is 0.103. The number of pyridine rings is 1. The first-order valence-corrected chi connectivity index (χ1v) is 5.85. The molecule has 0 fully saturated rings. The van der Waals surface area contributed by atoms with Gasteiger partial charge in [-0.15, -0.1) is 0 Å². The molecular weight excluding hydrogens is 230 g/mol. The molecule has 0 saturated heterocycles. The van der Waals surface area contributed by atoms with Crippen LogP contribution < -0.4 is 0 Å². The Morgan fingerprint density at radius 1 is 1.44 bits per heavy atom. The van der Waals surface area contributed by atoms with E-state index >= 15 is 0 Å². The Morgan fingerprint density at radius 2 is 2.22 bits per heavy atom. The maximum atomic E-state index is 12.3. The van der Waals surface area contributed by atoms with Crippen LogP contribution in [0, 0.1) is 0 Å². The Hall–Kier alpha value is -2.17. The molecule has 5 heteroatoms. The third-order valence-corrected chi connectivity index (χ3v) is 2.70. The normalized spacial score (nSPS) is 10.6. The number of hydrogen-bond acceptors (Lipinski definition) is 4. The fraction of sp³-hybridized carbons (Fsp3) is 0.308. The highest BCUT2D eigenvalue weighted by atomic mass is 16.3. The summed E-state index contributed by atoms with van der Waals surface area (Å²) in [5.41, 5.74) is 1.20. The number of rotatable bonds is 4. The molecule has 0 aromatic carbocycles. The fourth-order valence-electron chi connectivity index (χ4n) is 1.84. The Labute approximate surface area is 105 Å². The molecule has 2 rings (SSSR count). The van der Waals surface area contributed by atoms with Crippen molar-refractivity contribution in [3.05, 3.63) is 41.3 Å². The van der Waals surface area contributed by atoms with Crippen molar-refractivity contribution in [1.82, 2.24) is 14.8 Å². The molecule has 0 atom stereocenters. The van der Waals surface area contributed by atoms with E-state index in [1.165, 1.54) is 4.68 Å². The molecule has 0 amide bonds. The first kappa shape index (κ1) is 12.3. The topological polar surface area (TPSA) is 68.0 Å². The molecule has 0 aliphatic heterocycles. The standard InChI is InChI=1S/C13H15N3O2/c1-3-6-9-11(13(18)16(2)15-9)12(17)10-7-4-5-8-14-10/h4-5,7-8,18H,3,6H2,1-2H3. The molecule has 0 unspecified atom stereocenters. The maximum Gasteiger partial charge on any atom is 0.220 e. The Balaban J connectivity index is 2.47. The number of carbonyl (C=O) groups excluding carboxylic acids is 1. The van der Waals surface area contributed by atoms with Gasteiger partial charge in [-0.2, -0.15) is 5.10 Å². The second-order valence-corrected chi connectivity index (χ2v) is 4.06. The third kappa shape index (κ3) is 2.11. The molecule has 18 heavy (non-hydrogen) atoms. The first-order chi connectivity index (χ1) is 8.65. The van der Waals surface area contributed by atoms with E-state index in [1.54, 1.807) is 31.4 Å². The molecule has 0 spiro atoms. The molecule has 0 aliphatic carbocycles. The highest BCUT2D eigenvalue weighted by molar-refractivity contribution is 6.09. The van der Waals surface area contributed by atoms with Crippen LogP contribution in [0.1, 0.15) is 35.1 Å². The lowest BCUT2D eigenvalue weighted by Gasteiger charge is -2.01. The summed E-state index contributed by atoms with van der Waals surface area (Å²) in [6.45, 7) is 2.00. The molecule has 1 N–H and O–H groups in total. The Bertz CT molecular complexity index is 561. The van der Waals surface area contributed by atoms with Gasteiger partial charge in [0.1, 0.15) is 11.3 Å². The summed E-state index contributed by atoms with van der Waals surface area (Å²) in [4.78, 5) is 16.3. The lowest BCUT2D eigenvalue weighted by atomic mass is 10.1. The van der Waals surface area contributed by atoms with E-state index in [-0.39, 0.29) is 17.2 Å². The molecule has 5 nitrogen and oxygen atoms in total. The van der Waals surface area contributed by atoms with Crippen LogP contribution in [-0.4, -0.2) is 25.7 Å². The van der Waals surface area contributed by atoms with Gasteiger partial charge in [0.05, 0.1) is 5.69 Å². The zero-order chi connectivity index (χ0) is 13.1. The van der Waals surface area contributed by atoms with Gasteiger partial charge < -0.3 is 5.11 Å². The first-order valence-electron chi connectivity index (χ1n) is 5.85. The van der Waals surface area contributed by atoms with Gasteiger partial charge in [0.2, 0.25) is 11.7 Å². The van der Waals surface area contributed by atoms with E-state index in [2.05, 4.69) is 10.1 Å². The zero-order valence-electron chi connectivity index (χ0n) is 10.4. The number of aromatic nitrogens is 3. The largest absolute Gasteiger partial charge is 0.493 e. The number of aromatic hydroxyl groups is 1. The van der Waals surface area contributed by atoms with Gasteiger partial charge in [0.25, 0.3) is 0 Å². The number of nitrogens with zero attached hydrogens (tertiary/aromatic N) is 3. The van der Waals surface area contributed by atoms with Gasteiger partial charge in [-0.25, -0.2) is 4.68 Å². The highest BCUT2D eigenvalue weighted by Crippen LogP contribution is 2.24. The molecule has 0 bridgehead atoms. The molecule has 0 saturated carbocycles. The summed E-state index contributed by atoms with van der Waals surface area (Å²) in [7, 11) is 1.61. The van der Waals surface area contributed by atoms with Crippen molar-refractivity contribution < 1.29 is 9.90 Å². The summed E-state index contributed by atoms with van der Waals surface area (Å²) in [5, 5.41) is 14.1. The molecule has 2 heterocycles. The minimum absolute atomic E-state index is 0.103. The van der Waals surface area contributed by atoms with Crippen LogP contribution in [0.2, 0.25) is 0 Å². The SMILES string of the molecule is CCCc1nn(C)c(O)c1C(=O)c1ccccn1. The summed E-state index contributed by atoms with van der Waals surface area (Å²) >= 11 is 0. The van der Waals surface area contributed by atoms with Crippen LogP contribution in [0.4, 0.5) is 0 Å². The zero-order valence-corrected chi connectivity index (χ0v) is 10.4. The fourth-order valence-corrected chi connectivity index (χ4v) is 1.84. The van der Waals surface area contributed by atoms with Gasteiger partial charge in [0.15, 0.2) is 0 Å². The minimum atomic E-state index is -0.287.